The molecule has 1 aromatic carbocycles. The van der Waals surface area contributed by atoms with Crippen LogP contribution >= 0.6 is 11.3 Å². The van der Waals surface area contributed by atoms with Crippen LogP contribution in [0.4, 0.5) is 4.39 Å². The molecule has 0 radical (unpaired) electrons. The van der Waals surface area contributed by atoms with Gasteiger partial charge in [-0.3, -0.25) is 4.79 Å². The fraction of sp³-hybridized carbons (Fsp3) is 0.444. The summed E-state index contributed by atoms with van der Waals surface area (Å²) in [5.41, 5.74) is 0. The van der Waals surface area contributed by atoms with Gasteiger partial charge in [0.05, 0.1) is 0 Å². The second-order valence-corrected chi connectivity index (χ2v) is 7.67. The van der Waals surface area contributed by atoms with Crippen LogP contribution in [0.5, 0.6) is 0 Å². The first-order valence-electron chi connectivity index (χ1n) is 8.07. The van der Waals surface area contributed by atoms with Crippen molar-refractivity contribution in [1.29, 1.82) is 0 Å². The van der Waals surface area contributed by atoms with Crippen molar-refractivity contribution in [2.75, 3.05) is 19.7 Å². The highest BCUT2D eigenvalue weighted by Crippen LogP contribution is 2.28. The zero-order chi connectivity index (χ0) is 17.3. The van der Waals surface area contributed by atoms with Crippen molar-refractivity contribution >= 4 is 33.3 Å². The van der Waals surface area contributed by atoms with Crippen LogP contribution in [-0.4, -0.2) is 36.5 Å². The molecule has 3 rings (SSSR count). The van der Waals surface area contributed by atoms with Gasteiger partial charge in [0.15, 0.2) is 6.61 Å². The average molecular weight is 349 g/mol. The molecule has 0 unspecified atom stereocenters. The molecule has 1 amide bonds. The number of ether oxygens (including phenoxy) is 1. The Morgan fingerprint density at radius 3 is 2.67 bits per heavy atom. The highest BCUT2D eigenvalue weighted by Gasteiger charge is 2.26. The minimum Gasteiger partial charge on any atom is -0.451 e. The van der Waals surface area contributed by atoms with Crippen LogP contribution in [0, 0.1) is 17.7 Å². The van der Waals surface area contributed by atoms with E-state index in [0.717, 1.165) is 6.42 Å². The maximum atomic E-state index is 13.7. The summed E-state index contributed by atoms with van der Waals surface area (Å²) in [6, 6.07) is 6.19. The molecule has 0 saturated carbocycles. The molecule has 2 aromatic rings. The van der Waals surface area contributed by atoms with Crippen LogP contribution < -0.4 is 0 Å². The van der Waals surface area contributed by atoms with Crippen LogP contribution in [0.2, 0.25) is 0 Å². The Labute approximate surface area is 144 Å². The van der Waals surface area contributed by atoms with Crippen LogP contribution in [0.25, 0.3) is 10.1 Å². The van der Waals surface area contributed by atoms with E-state index in [1.165, 1.54) is 23.5 Å². The first-order valence-corrected chi connectivity index (χ1v) is 8.88. The summed E-state index contributed by atoms with van der Waals surface area (Å²) in [6.45, 7) is 5.38. The lowest BCUT2D eigenvalue weighted by atomic mass is 9.92. The fourth-order valence-corrected chi connectivity index (χ4v) is 4.25. The summed E-state index contributed by atoms with van der Waals surface area (Å²) in [5.74, 6) is -0.204. The van der Waals surface area contributed by atoms with E-state index in [1.54, 1.807) is 17.0 Å². The number of carbonyl (C=O) groups excluding carboxylic acids is 2. The van der Waals surface area contributed by atoms with Crippen molar-refractivity contribution in [3.05, 3.63) is 35.0 Å². The predicted molar refractivity (Wildman–Crippen MR) is 91.6 cm³/mol. The first-order chi connectivity index (χ1) is 11.4. The zero-order valence-corrected chi connectivity index (χ0v) is 14.6. The molecule has 0 spiro atoms. The summed E-state index contributed by atoms with van der Waals surface area (Å²) >= 11 is 1.17. The monoisotopic (exact) mass is 349 g/mol. The minimum atomic E-state index is -0.581. The molecule has 4 nitrogen and oxygen atoms in total. The number of nitrogens with zero attached hydrogens (tertiary/aromatic N) is 1. The molecule has 0 bridgehead atoms. The Morgan fingerprint density at radius 1 is 1.29 bits per heavy atom. The van der Waals surface area contributed by atoms with Gasteiger partial charge in [-0.05, 0) is 36.5 Å². The molecule has 1 fully saturated rings. The number of amides is 1. The van der Waals surface area contributed by atoms with Crippen LogP contribution in [0.1, 0.15) is 29.9 Å². The van der Waals surface area contributed by atoms with E-state index in [0.29, 0.717) is 39.9 Å². The molecule has 24 heavy (non-hydrogen) atoms. The van der Waals surface area contributed by atoms with Crippen molar-refractivity contribution in [3.8, 4) is 0 Å². The van der Waals surface area contributed by atoms with Gasteiger partial charge in [-0.25, -0.2) is 9.18 Å². The topological polar surface area (TPSA) is 46.6 Å². The molecular formula is C18H20FNO3S. The van der Waals surface area contributed by atoms with Crippen LogP contribution in [-0.2, 0) is 9.53 Å². The number of carbonyl (C=O) groups is 2. The zero-order valence-electron chi connectivity index (χ0n) is 13.8. The van der Waals surface area contributed by atoms with Crippen molar-refractivity contribution in [2.45, 2.75) is 20.3 Å². The van der Waals surface area contributed by atoms with Crippen LogP contribution in [0.3, 0.4) is 0 Å². The molecule has 1 saturated heterocycles. The summed E-state index contributed by atoms with van der Waals surface area (Å²) in [5, 5.41) is 0.402. The highest BCUT2D eigenvalue weighted by atomic mass is 32.1. The van der Waals surface area contributed by atoms with Gasteiger partial charge in [-0.15, -0.1) is 11.3 Å². The number of thiophene rings is 1. The first kappa shape index (κ1) is 16.9. The van der Waals surface area contributed by atoms with Gasteiger partial charge in [-0.2, -0.15) is 0 Å². The Bertz CT molecular complexity index is 763. The Kier molecular flexibility index (Phi) is 4.85. The number of hydrogen-bond donors (Lipinski definition) is 0. The molecule has 1 aliphatic heterocycles. The smallest absolute Gasteiger partial charge is 0.348 e. The standard InChI is InChI=1S/C18H20FNO3S/c1-11-6-12(2)9-20(8-11)17(21)10-23-18(22)16-7-13-14(19)4-3-5-15(13)24-16/h3-5,7,11-12H,6,8-10H2,1-2H3/t11-,12-/m0/s1. The fourth-order valence-electron chi connectivity index (χ4n) is 3.28. The van der Waals surface area contributed by atoms with Crippen molar-refractivity contribution < 1.29 is 18.7 Å². The van der Waals surface area contributed by atoms with Crippen molar-refractivity contribution in [1.82, 2.24) is 4.90 Å². The minimum absolute atomic E-state index is 0.172. The lowest BCUT2D eigenvalue weighted by Crippen LogP contribution is -2.44. The normalized spacial score (nSPS) is 21.0. The van der Waals surface area contributed by atoms with Gasteiger partial charge < -0.3 is 9.64 Å². The quantitative estimate of drug-likeness (QED) is 0.794. The van der Waals surface area contributed by atoms with E-state index in [1.807, 2.05) is 0 Å². The summed E-state index contributed by atoms with van der Waals surface area (Å²) in [6.07, 6.45) is 1.11. The second-order valence-electron chi connectivity index (χ2n) is 6.58. The molecule has 2 atom stereocenters. The third-order valence-corrected chi connectivity index (χ3v) is 5.34. The Hall–Kier alpha value is -1.95. The van der Waals surface area contributed by atoms with Crippen molar-refractivity contribution in [2.24, 2.45) is 11.8 Å². The highest BCUT2D eigenvalue weighted by molar-refractivity contribution is 7.20. The third-order valence-electron chi connectivity index (χ3n) is 4.26. The van der Waals surface area contributed by atoms with Gasteiger partial charge >= 0.3 is 5.97 Å². The molecule has 6 heteroatoms. The molecule has 0 N–H and O–H groups in total. The van der Waals surface area contributed by atoms with E-state index in [4.69, 9.17) is 4.74 Å². The number of fused-ring (bicyclic) bond motifs is 1. The lowest BCUT2D eigenvalue weighted by molar-refractivity contribution is -0.137. The molecule has 2 heterocycles. The van der Waals surface area contributed by atoms with E-state index < -0.39 is 5.97 Å². The number of benzene rings is 1. The third kappa shape index (κ3) is 3.59. The molecule has 1 aromatic heterocycles. The Morgan fingerprint density at radius 2 is 2.00 bits per heavy atom. The van der Waals surface area contributed by atoms with E-state index in [9.17, 15) is 14.0 Å². The number of likely N-dealkylation sites (tertiary alicyclic amines) is 1. The SMILES string of the molecule is C[C@H]1C[C@H](C)CN(C(=O)COC(=O)c2cc3c(F)cccc3s2)C1. The molecular weight excluding hydrogens is 329 g/mol. The van der Waals surface area contributed by atoms with E-state index >= 15 is 0 Å². The number of hydrogen-bond acceptors (Lipinski definition) is 4. The predicted octanol–water partition coefficient (Wildman–Crippen LogP) is 3.70. The summed E-state index contributed by atoms with van der Waals surface area (Å²) in [7, 11) is 0. The largest absolute Gasteiger partial charge is 0.451 e. The summed E-state index contributed by atoms with van der Waals surface area (Å²) in [4.78, 5) is 26.4. The summed E-state index contributed by atoms with van der Waals surface area (Å²) < 4.78 is 19.5. The van der Waals surface area contributed by atoms with Gasteiger partial charge in [-0.1, -0.05) is 19.9 Å². The molecule has 1 aliphatic rings. The molecule has 128 valence electrons. The molecule has 0 aliphatic carbocycles. The Balaban J connectivity index is 1.62. The van der Waals surface area contributed by atoms with Gasteiger partial charge in [0.1, 0.15) is 10.7 Å². The number of piperidine rings is 1. The van der Waals surface area contributed by atoms with Gasteiger partial charge in [0.2, 0.25) is 0 Å². The van der Waals surface area contributed by atoms with Crippen molar-refractivity contribution in [3.63, 3.8) is 0 Å². The van der Waals surface area contributed by atoms with E-state index in [-0.39, 0.29) is 18.3 Å². The number of halogens is 1. The second kappa shape index (κ2) is 6.89. The van der Waals surface area contributed by atoms with Gasteiger partial charge in [0, 0.05) is 23.2 Å². The lowest BCUT2D eigenvalue weighted by Gasteiger charge is -2.34. The maximum Gasteiger partial charge on any atom is 0.348 e. The van der Waals surface area contributed by atoms with Gasteiger partial charge in [0.25, 0.3) is 5.91 Å². The maximum absolute atomic E-state index is 13.7. The van der Waals surface area contributed by atoms with Crippen LogP contribution in [0.15, 0.2) is 24.3 Å². The number of esters is 1. The number of rotatable bonds is 3. The average Bonchev–Trinajstić information content (AvgIpc) is 2.97. The van der Waals surface area contributed by atoms with E-state index in [2.05, 4.69) is 13.8 Å².